The van der Waals surface area contributed by atoms with Crippen molar-refractivity contribution in [3.05, 3.63) is 12.2 Å². The molecule has 1 rings (SSSR count). The molecule has 1 fully saturated rings. The normalized spacial score (nSPS) is 28.0. The van der Waals surface area contributed by atoms with Gasteiger partial charge in [-0.05, 0) is 25.2 Å². The van der Waals surface area contributed by atoms with Gasteiger partial charge in [0.2, 0.25) is 0 Å². The molecule has 0 heterocycles. The summed E-state index contributed by atoms with van der Waals surface area (Å²) in [6.45, 7) is 6.20. The van der Waals surface area contributed by atoms with Gasteiger partial charge in [0.25, 0.3) is 0 Å². The first-order chi connectivity index (χ1) is 6.16. The number of carbonyl (C=O) groups excluding carboxylic acids is 1. The van der Waals surface area contributed by atoms with Crippen LogP contribution in [0.25, 0.3) is 0 Å². The zero-order valence-corrected chi connectivity index (χ0v) is 8.25. The minimum absolute atomic E-state index is 0.159. The van der Waals surface area contributed by atoms with Crippen LogP contribution in [0.15, 0.2) is 12.2 Å². The number of ketones is 1. The summed E-state index contributed by atoms with van der Waals surface area (Å²) < 4.78 is 0. The molecule has 0 bridgehead atoms. The van der Waals surface area contributed by atoms with Gasteiger partial charge in [0, 0.05) is 18.9 Å². The standard InChI is InChI=1S/C11H18O2/c1-8(4-3-7-12)10-5-6-11(13)9(10)2/h9-10,12H,1,3-7H2,2H3/t9-,10-/m0/s1. The van der Waals surface area contributed by atoms with Crippen LogP contribution in [-0.2, 0) is 4.79 Å². The molecule has 0 aromatic heterocycles. The first-order valence-corrected chi connectivity index (χ1v) is 4.98. The summed E-state index contributed by atoms with van der Waals surface area (Å²) in [5.74, 6) is 0.903. The van der Waals surface area contributed by atoms with E-state index in [2.05, 4.69) is 6.58 Å². The quantitative estimate of drug-likeness (QED) is 0.674. The third-order valence-electron chi connectivity index (χ3n) is 2.99. The van der Waals surface area contributed by atoms with Crippen molar-refractivity contribution >= 4 is 5.78 Å². The lowest BCUT2D eigenvalue weighted by atomic mass is 9.88. The van der Waals surface area contributed by atoms with E-state index in [9.17, 15) is 4.79 Å². The van der Waals surface area contributed by atoms with Crippen molar-refractivity contribution in [2.45, 2.75) is 32.6 Å². The maximum Gasteiger partial charge on any atom is 0.136 e. The Morgan fingerprint density at radius 1 is 1.69 bits per heavy atom. The molecule has 0 unspecified atom stereocenters. The van der Waals surface area contributed by atoms with Gasteiger partial charge in [0.05, 0.1) is 0 Å². The molecule has 1 N–H and O–H groups in total. The monoisotopic (exact) mass is 182 g/mol. The Bertz CT molecular complexity index is 208. The Kier molecular flexibility index (Phi) is 3.67. The van der Waals surface area contributed by atoms with Crippen molar-refractivity contribution in [1.82, 2.24) is 0 Å². The third kappa shape index (κ3) is 2.41. The van der Waals surface area contributed by atoms with Crippen molar-refractivity contribution in [3.8, 4) is 0 Å². The van der Waals surface area contributed by atoms with Gasteiger partial charge in [-0.15, -0.1) is 0 Å². The van der Waals surface area contributed by atoms with E-state index in [1.807, 2.05) is 6.92 Å². The third-order valence-corrected chi connectivity index (χ3v) is 2.99. The highest BCUT2D eigenvalue weighted by atomic mass is 16.2. The Labute approximate surface area is 79.6 Å². The average Bonchev–Trinajstić information content (AvgIpc) is 2.44. The van der Waals surface area contributed by atoms with Gasteiger partial charge in [-0.25, -0.2) is 0 Å². The summed E-state index contributed by atoms with van der Waals surface area (Å²) in [6.07, 6.45) is 3.31. The van der Waals surface area contributed by atoms with E-state index in [0.717, 1.165) is 24.8 Å². The van der Waals surface area contributed by atoms with Crippen LogP contribution in [0.5, 0.6) is 0 Å². The minimum Gasteiger partial charge on any atom is -0.396 e. The van der Waals surface area contributed by atoms with Crippen molar-refractivity contribution in [2.75, 3.05) is 6.61 Å². The van der Waals surface area contributed by atoms with E-state index in [1.54, 1.807) is 0 Å². The average molecular weight is 182 g/mol. The number of rotatable bonds is 4. The topological polar surface area (TPSA) is 37.3 Å². The smallest absolute Gasteiger partial charge is 0.136 e. The summed E-state index contributed by atoms with van der Waals surface area (Å²) in [7, 11) is 0. The second-order valence-corrected chi connectivity index (χ2v) is 3.89. The molecule has 0 amide bonds. The van der Waals surface area contributed by atoms with Crippen LogP contribution in [-0.4, -0.2) is 17.5 Å². The number of aliphatic hydroxyl groups is 1. The molecule has 13 heavy (non-hydrogen) atoms. The largest absolute Gasteiger partial charge is 0.396 e. The van der Waals surface area contributed by atoms with Crippen molar-refractivity contribution < 1.29 is 9.90 Å². The Hall–Kier alpha value is -0.630. The fraction of sp³-hybridized carbons (Fsp3) is 0.727. The van der Waals surface area contributed by atoms with Crippen LogP contribution in [0.1, 0.15) is 32.6 Å². The second kappa shape index (κ2) is 4.56. The molecule has 74 valence electrons. The molecule has 2 nitrogen and oxygen atoms in total. The SMILES string of the molecule is C=C(CCCO)[C@@H]1CCC(=O)[C@H]1C. The molecule has 0 aromatic carbocycles. The highest BCUT2D eigenvalue weighted by molar-refractivity contribution is 5.83. The van der Waals surface area contributed by atoms with Crippen LogP contribution in [0.4, 0.5) is 0 Å². The summed E-state index contributed by atoms with van der Waals surface area (Å²) >= 11 is 0. The Morgan fingerprint density at radius 2 is 2.38 bits per heavy atom. The number of carbonyl (C=O) groups is 1. The van der Waals surface area contributed by atoms with Gasteiger partial charge in [-0.2, -0.15) is 0 Å². The lowest BCUT2D eigenvalue weighted by molar-refractivity contribution is -0.120. The molecule has 0 spiro atoms. The van der Waals surface area contributed by atoms with Crippen molar-refractivity contribution in [2.24, 2.45) is 11.8 Å². The molecule has 0 radical (unpaired) electrons. The summed E-state index contributed by atoms with van der Waals surface area (Å²) in [5, 5.41) is 8.67. The van der Waals surface area contributed by atoms with Gasteiger partial charge < -0.3 is 5.11 Å². The zero-order chi connectivity index (χ0) is 9.84. The second-order valence-electron chi connectivity index (χ2n) is 3.89. The lowest BCUT2D eigenvalue weighted by Crippen LogP contribution is -2.12. The lowest BCUT2D eigenvalue weighted by Gasteiger charge is -2.16. The number of allylic oxidation sites excluding steroid dienone is 1. The maximum atomic E-state index is 11.3. The molecular weight excluding hydrogens is 164 g/mol. The van der Waals surface area contributed by atoms with E-state index in [4.69, 9.17) is 5.11 Å². The molecule has 0 aromatic rings. The first-order valence-electron chi connectivity index (χ1n) is 4.98. The van der Waals surface area contributed by atoms with E-state index >= 15 is 0 Å². The van der Waals surface area contributed by atoms with E-state index in [1.165, 1.54) is 0 Å². The van der Waals surface area contributed by atoms with Gasteiger partial charge in [0.15, 0.2) is 0 Å². The van der Waals surface area contributed by atoms with Crippen LogP contribution >= 0.6 is 0 Å². The minimum atomic E-state index is 0.159. The Balaban J connectivity index is 2.43. The fourth-order valence-corrected chi connectivity index (χ4v) is 2.05. The molecule has 1 saturated carbocycles. The highest BCUT2D eigenvalue weighted by Gasteiger charge is 2.31. The van der Waals surface area contributed by atoms with Crippen molar-refractivity contribution in [1.29, 1.82) is 0 Å². The van der Waals surface area contributed by atoms with E-state index in [-0.39, 0.29) is 12.5 Å². The molecule has 2 atom stereocenters. The van der Waals surface area contributed by atoms with Crippen LogP contribution < -0.4 is 0 Å². The maximum absolute atomic E-state index is 11.3. The summed E-state index contributed by atoms with van der Waals surface area (Å²) in [6, 6.07) is 0. The number of hydrogen-bond acceptors (Lipinski definition) is 2. The van der Waals surface area contributed by atoms with E-state index < -0.39 is 0 Å². The van der Waals surface area contributed by atoms with Gasteiger partial charge in [-0.3, -0.25) is 4.79 Å². The molecule has 2 heteroatoms. The van der Waals surface area contributed by atoms with Gasteiger partial charge >= 0.3 is 0 Å². The van der Waals surface area contributed by atoms with Gasteiger partial charge in [0.1, 0.15) is 5.78 Å². The number of Topliss-reactive ketones (excluding diaryl/α,β-unsaturated/α-hetero) is 1. The van der Waals surface area contributed by atoms with Crippen molar-refractivity contribution in [3.63, 3.8) is 0 Å². The van der Waals surface area contributed by atoms with Crippen LogP contribution in [0.2, 0.25) is 0 Å². The molecule has 1 aliphatic rings. The highest BCUT2D eigenvalue weighted by Crippen LogP contribution is 2.34. The molecular formula is C11H18O2. The molecule has 0 saturated heterocycles. The predicted molar refractivity (Wildman–Crippen MR) is 52.4 cm³/mol. The molecule has 1 aliphatic carbocycles. The first kappa shape index (κ1) is 10.5. The fourth-order valence-electron chi connectivity index (χ4n) is 2.05. The van der Waals surface area contributed by atoms with E-state index in [0.29, 0.717) is 18.1 Å². The summed E-state index contributed by atoms with van der Waals surface area (Å²) in [4.78, 5) is 11.3. The Morgan fingerprint density at radius 3 is 2.85 bits per heavy atom. The van der Waals surface area contributed by atoms with Crippen LogP contribution in [0.3, 0.4) is 0 Å². The summed E-state index contributed by atoms with van der Waals surface area (Å²) in [5.41, 5.74) is 1.15. The van der Waals surface area contributed by atoms with Gasteiger partial charge in [-0.1, -0.05) is 19.1 Å². The van der Waals surface area contributed by atoms with Crippen LogP contribution in [0, 0.1) is 11.8 Å². The molecule has 0 aliphatic heterocycles. The number of aliphatic hydroxyl groups excluding tert-OH is 1. The predicted octanol–water partition coefficient (Wildman–Crippen LogP) is 1.93. The zero-order valence-electron chi connectivity index (χ0n) is 8.25. The number of hydrogen-bond donors (Lipinski definition) is 1.